The van der Waals surface area contributed by atoms with Gasteiger partial charge in [0.25, 0.3) is 0 Å². The van der Waals surface area contributed by atoms with Crippen LogP contribution in [0.4, 0.5) is 5.69 Å². The van der Waals surface area contributed by atoms with Gasteiger partial charge in [-0.1, -0.05) is 54.9 Å². The third kappa shape index (κ3) is 6.22. The van der Waals surface area contributed by atoms with Crippen molar-refractivity contribution in [2.24, 2.45) is 0 Å². The Morgan fingerprint density at radius 3 is 2.44 bits per heavy atom. The van der Waals surface area contributed by atoms with Gasteiger partial charge in [-0.25, -0.2) is 0 Å². The molecule has 3 rings (SSSR count). The number of aliphatic hydroxyl groups is 1. The highest BCUT2D eigenvalue weighted by Crippen LogP contribution is 2.21. The van der Waals surface area contributed by atoms with Gasteiger partial charge in [-0.2, -0.15) is 0 Å². The highest BCUT2D eigenvalue weighted by atomic mass is 35.5. The van der Waals surface area contributed by atoms with Gasteiger partial charge in [-0.15, -0.1) is 0 Å². The van der Waals surface area contributed by atoms with Crippen LogP contribution in [0.25, 0.3) is 0 Å². The Kier molecular flexibility index (Phi) is 7.53. The van der Waals surface area contributed by atoms with Crippen molar-refractivity contribution in [3.63, 3.8) is 0 Å². The largest absolute Gasteiger partial charge is 0.389 e. The smallest absolute Gasteiger partial charge is 0.0900 e. The summed E-state index contributed by atoms with van der Waals surface area (Å²) in [6, 6.07) is 18.3. The zero-order valence-electron chi connectivity index (χ0n) is 15.9. The maximum absolute atomic E-state index is 10.3. The predicted octanol–water partition coefficient (Wildman–Crippen LogP) is 3.64. The second-order valence-corrected chi connectivity index (χ2v) is 7.71. The van der Waals surface area contributed by atoms with Crippen LogP contribution in [-0.2, 0) is 4.74 Å². The topological polar surface area (TPSA) is 35.9 Å². The maximum Gasteiger partial charge on any atom is 0.0900 e. The summed E-state index contributed by atoms with van der Waals surface area (Å²) >= 11 is 6.09. The minimum absolute atomic E-state index is 0.333. The first-order valence-corrected chi connectivity index (χ1v) is 10.0. The molecular weight excluding hydrogens is 360 g/mol. The van der Waals surface area contributed by atoms with Gasteiger partial charge < -0.3 is 14.7 Å². The molecule has 2 atom stereocenters. The molecule has 2 aromatic rings. The van der Waals surface area contributed by atoms with Gasteiger partial charge in [0.05, 0.1) is 19.3 Å². The molecule has 27 heavy (non-hydrogen) atoms. The first kappa shape index (κ1) is 20.2. The van der Waals surface area contributed by atoms with Gasteiger partial charge in [-0.05, 0) is 23.8 Å². The minimum atomic E-state index is -0.453. The highest BCUT2D eigenvalue weighted by Gasteiger charge is 2.20. The van der Waals surface area contributed by atoms with Crippen LogP contribution >= 0.6 is 11.6 Å². The quantitative estimate of drug-likeness (QED) is 0.748. The summed E-state index contributed by atoms with van der Waals surface area (Å²) in [7, 11) is 0. The number of halogens is 1. The summed E-state index contributed by atoms with van der Waals surface area (Å²) in [6.07, 6.45) is -0.453. The van der Waals surface area contributed by atoms with Gasteiger partial charge in [0.1, 0.15) is 0 Å². The molecule has 0 amide bonds. The first-order chi connectivity index (χ1) is 13.1. The Balaban J connectivity index is 1.35. The molecule has 0 aromatic heterocycles. The lowest BCUT2D eigenvalue weighted by molar-refractivity contribution is 0.0123. The second-order valence-electron chi connectivity index (χ2n) is 7.27. The first-order valence-electron chi connectivity index (χ1n) is 9.65. The molecule has 2 aromatic carbocycles. The van der Waals surface area contributed by atoms with Crippen LogP contribution < -0.4 is 4.90 Å². The van der Waals surface area contributed by atoms with Crippen molar-refractivity contribution >= 4 is 17.3 Å². The summed E-state index contributed by atoms with van der Waals surface area (Å²) in [6.45, 7) is 7.57. The van der Waals surface area contributed by atoms with E-state index in [1.54, 1.807) is 0 Å². The molecule has 1 heterocycles. The summed E-state index contributed by atoms with van der Waals surface area (Å²) < 4.78 is 5.76. The lowest BCUT2D eigenvalue weighted by Gasteiger charge is -2.37. The van der Waals surface area contributed by atoms with E-state index in [1.807, 2.05) is 36.4 Å². The van der Waals surface area contributed by atoms with Crippen LogP contribution in [0.15, 0.2) is 54.6 Å². The molecule has 0 aliphatic carbocycles. The molecule has 1 saturated heterocycles. The molecule has 1 aliphatic rings. The van der Waals surface area contributed by atoms with Crippen LogP contribution in [0.5, 0.6) is 0 Å². The molecule has 0 spiro atoms. The van der Waals surface area contributed by atoms with Crippen molar-refractivity contribution in [3.05, 3.63) is 65.2 Å². The Morgan fingerprint density at radius 2 is 1.74 bits per heavy atom. The van der Waals surface area contributed by atoms with Gasteiger partial charge in [0.15, 0.2) is 0 Å². The Hall–Kier alpha value is -1.59. The molecule has 0 saturated carbocycles. The number of hydrogen-bond acceptors (Lipinski definition) is 4. The number of piperazine rings is 1. The molecule has 2 unspecified atom stereocenters. The maximum atomic E-state index is 10.3. The standard InChI is InChI=1S/C22H29ClN2O2/c1-18(19-6-3-2-4-7-19)16-27-17-22(26)15-24-10-12-25(13-11-24)21-9-5-8-20(23)14-21/h2-9,14,18,22,26H,10-13,15-17H2,1H3. The Labute approximate surface area is 167 Å². The predicted molar refractivity (Wildman–Crippen MR) is 112 cm³/mol. The summed E-state index contributed by atoms with van der Waals surface area (Å²) in [5.41, 5.74) is 2.44. The van der Waals surface area contributed by atoms with E-state index in [1.165, 1.54) is 11.3 Å². The molecule has 4 nitrogen and oxygen atoms in total. The van der Waals surface area contributed by atoms with Crippen molar-refractivity contribution in [2.75, 3.05) is 50.8 Å². The van der Waals surface area contributed by atoms with Crippen LogP contribution in [0.3, 0.4) is 0 Å². The number of hydrogen-bond donors (Lipinski definition) is 1. The van der Waals surface area contributed by atoms with Crippen LogP contribution in [0, 0.1) is 0 Å². The third-order valence-electron chi connectivity index (χ3n) is 5.06. The van der Waals surface area contributed by atoms with E-state index in [-0.39, 0.29) is 0 Å². The van der Waals surface area contributed by atoms with Gasteiger partial charge in [0, 0.05) is 49.4 Å². The van der Waals surface area contributed by atoms with Crippen molar-refractivity contribution < 1.29 is 9.84 Å². The number of benzene rings is 2. The number of anilines is 1. The fourth-order valence-electron chi connectivity index (χ4n) is 3.47. The van der Waals surface area contributed by atoms with E-state index in [0.29, 0.717) is 25.7 Å². The fourth-order valence-corrected chi connectivity index (χ4v) is 3.66. The van der Waals surface area contributed by atoms with E-state index in [2.05, 4.69) is 34.9 Å². The van der Waals surface area contributed by atoms with Gasteiger partial charge >= 0.3 is 0 Å². The zero-order valence-corrected chi connectivity index (χ0v) is 16.7. The van der Waals surface area contributed by atoms with Crippen molar-refractivity contribution in [2.45, 2.75) is 18.9 Å². The highest BCUT2D eigenvalue weighted by molar-refractivity contribution is 6.30. The number of ether oxygens (including phenoxy) is 1. The van der Waals surface area contributed by atoms with Gasteiger partial charge in [0.2, 0.25) is 0 Å². The number of aliphatic hydroxyl groups excluding tert-OH is 1. The average Bonchev–Trinajstić information content (AvgIpc) is 2.69. The molecule has 0 bridgehead atoms. The summed E-state index contributed by atoms with van der Waals surface area (Å²) in [5.74, 6) is 0.333. The number of rotatable bonds is 8. The van der Waals surface area contributed by atoms with Crippen LogP contribution in [0.1, 0.15) is 18.4 Å². The number of nitrogens with zero attached hydrogens (tertiary/aromatic N) is 2. The Bertz CT molecular complexity index is 690. The summed E-state index contributed by atoms with van der Waals surface area (Å²) in [4.78, 5) is 4.64. The SMILES string of the molecule is CC(COCC(O)CN1CCN(c2cccc(Cl)c2)CC1)c1ccccc1. The lowest BCUT2D eigenvalue weighted by atomic mass is 10.0. The molecule has 1 fully saturated rings. The van der Waals surface area contributed by atoms with Crippen molar-refractivity contribution in [1.82, 2.24) is 4.90 Å². The number of β-amino-alcohol motifs (C(OH)–C–C–N with tert-alkyl or cyclic N) is 1. The van der Waals surface area contributed by atoms with Crippen LogP contribution in [0.2, 0.25) is 5.02 Å². The normalized spacial score (nSPS) is 17.7. The molecule has 1 aliphatic heterocycles. The fraction of sp³-hybridized carbons (Fsp3) is 0.455. The summed E-state index contributed by atoms with van der Waals surface area (Å²) in [5, 5.41) is 11.1. The zero-order chi connectivity index (χ0) is 19.1. The third-order valence-corrected chi connectivity index (χ3v) is 5.30. The molecule has 146 valence electrons. The average molecular weight is 389 g/mol. The van der Waals surface area contributed by atoms with E-state index in [0.717, 1.165) is 31.2 Å². The van der Waals surface area contributed by atoms with E-state index in [4.69, 9.17) is 16.3 Å². The molecule has 1 N–H and O–H groups in total. The lowest BCUT2D eigenvalue weighted by Crippen LogP contribution is -2.49. The molecule has 0 radical (unpaired) electrons. The van der Waals surface area contributed by atoms with E-state index >= 15 is 0 Å². The molecule has 5 heteroatoms. The second kappa shape index (κ2) is 10.1. The Morgan fingerprint density at radius 1 is 1.00 bits per heavy atom. The monoisotopic (exact) mass is 388 g/mol. The van der Waals surface area contributed by atoms with E-state index < -0.39 is 6.10 Å². The minimum Gasteiger partial charge on any atom is -0.389 e. The van der Waals surface area contributed by atoms with Crippen LogP contribution in [-0.4, -0.2) is 62.0 Å². The van der Waals surface area contributed by atoms with E-state index in [9.17, 15) is 5.11 Å². The van der Waals surface area contributed by atoms with Crippen molar-refractivity contribution in [1.29, 1.82) is 0 Å². The molecular formula is C22H29ClN2O2. The van der Waals surface area contributed by atoms with Gasteiger partial charge in [-0.3, -0.25) is 4.90 Å². The van der Waals surface area contributed by atoms with Crippen molar-refractivity contribution in [3.8, 4) is 0 Å².